The number of benzene rings is 1. The summed E-state index contributed by atoms with van der Waals surface area (Å²) in [6.07, 6.45) is 8.15. The first-order valence-corrected chi connectivity index (χ1v) is 8.64. The standard InChI is InChI=1S/C19H33NO/c1-4-5-6-7-8-9-14-20-15-18-10-12-19(13-11-18)21-16-17(2)3/h10-13,17,20H,4-9,14-16H2,1-3H3. The maximum Gasteiger partial charge on any atom is 0.119 e. The second-order valence-corrected chi connectivity index (χ2v) is 6.29. The first kappa shape index (κ1) is 18.0. The van der Waals surface area contributed by atoms with E-state index in [0.29, 0.717) is 5.92 Å². The summed E-state index contributed by atoms with van der Waals surface area (Å²) >= 11 is 0. The van der Waals surface area contributed by atoms with Gasteiger partial charge in [-0.1, -0.05) is 65.0 Å². The summed E-state index contributed by atoms with van der Waals surface area (Å²) < 4.78 is 5.69. The summed E-state index contributed by atoms with van der Waals surface area (Å²) in [6.45, 7) is 9.47. The van der Waals surface area contributed by atoms with Gasteiger partial charge in [0.05, 0.1) is 6.61 Å². The van der Waals surface area contributed by atoms with Gasteiger partial charge in [0.2, 0.25) is 0 Å². The largest absolute Gasteiger partial charge is 0.493 e. The summed E-state index contributed by atoms with van der Waals surface area (Å²) in [4.78, 5) is 0. The number of hydrogen-bond donors (Lipinski definition) is 1. The van der Waals surface area contributed by atoms with Crippen molar-refractivity contribution in [1.29, 1.82) is 0 Å². The molecule has 0 aromatic heterocycles. The lowest BCUT2D eigenvalue weighted by atomic mass is 10.1. The number of hydrogen-bond acceptors (Lipinski definition) is 2. The molecule has 0 bridgehead atoms. The van der Waals surface area contributed by atoms with Gasteiger partial charge in [-0.25, -0.2) is 0 Å². The summed E-state index contributed by atoms with van der Waals surface area (Å²) in [5, 5.41) is 3.52. The number of unbranched alkanes of at least 4 members (excludes halogenated alkanes) is 5. The van der Waals surface area contributed by atoms with Crippen molar-refractivity contribution >= 4 is 0 Å². The molecular weight excluding hydrogens is 258 g/mol. The maximum absolute atomic E-state index is 5.69. The van der Waals surface area contributed by atoms with Crippen LogP contribution in [0, 0.1) is 5.92 Å². The average molecular weight is 291 g/mol. The molecule has 21 heavy (non-hydrogen) atoms. The van der Waals surface area contributed by atoms with Crippen molar-refractivity contribution in [1.82, 2.24) is 5.32 Å². The van der Waals surface area contributed by atoms with E-state index in [2.05, 4.69) is 50.4 Å². The molecule has 1 N–H and O–H groups in total. The van der Waals surface area contributed by atoms with Gasteiger partial charge in [0, 0.05) is 6.54 Å². The van der Waals surface area contributed by atoms with Gasteiger partial charge in [0.1, 0.15) is 5.75 Å². The molecule has 0 atom stereocenters. The van der Waals surface area contributed by atoms with Crippen LogP contribution in [0.15, 0.2) is 24.3 Å². The Morgan fingerprint density at radius 2 is 1.62 bits per heavy atom. The van der Waals surface area contributed by atoms with E-state index in [1.54, 1.807) is 0 Å². The summed E-state index contributed by atoms with van der Waals surface area (Å²) in [6, 6.07) is 8.46. The minimum absolute atomic E-state index is 0.573. The number of rotatable bonds is 12. The lowest BCUT2D eigenvalue weighted by Crippen LogP contribution is -2.14. The van der Waals surface area contributed by atoms with Crippen LogP contribution in [0.2, 0.25) is 0 Å². The highest BCUT2D eigenvalue weighted by molar-refractivity contribution is 5.27. The van der Waals surface area contributed by atoms with Crippen LogP contribution in [0.4, 0.5) is 0 Å². The molecular formula is C19H33NO. The molecule has 0 fully saturated rings. The van der Waals surface area contributed by atoms with Gasteiger partial charge < -0.3 is 10.1 Å². The van der Waals surface area contributed by atoms with Crippen molar-refractivity contribution in [2.24, 2.45) is 5.92 Å². The highest BCUT2D eigenvalue weighted by Crippen LogP contribution is 2.13. The highest BCUT2D eigenvalue weighted by atomic mass is 16.5. The van der Waals surface area contributed by atoms with E-state index in [1.165, 1.54) is 44.1 Å². The number of ether oxygens (including phenoxy) is 1. The first-order valence-electron chi connectivity index (χ1n) is 8.64. The maximum atomic E-state index is 5.69. The predicted molar refractivity (Wildman–Crippen MR) is 91.9 cm³/mol. The molecule has 120 valence electrons. The van der Waals surface area contributed by atoms with E-state index >= 15 is 0 Å². The summed E-state index contributed by atoms with van der Waals surface area (Å²) in [5.74, 6) is 1.55. The van der Waals surface area contributed by atoms with Crippen molar-refractivity contribution in [3.63, 3.8) is 0 Å². The predicted octanol–water partition coefficient (Wildman–Crippen LogP) is 5.17. The smallest absolute Gasteiger partial charge is 0.119 e. The van der Waals surface area contributed by atoms with Crippen molar-refractivity contribution in [3.05, 3.63) is 29.8 Å². The van der Waals surface area contributed by atoms with Crippen LogP contribution in [-0.4, -0.2) is 13.2 Å². The topological polar surface area (TPSA) is 21.3 Å². The lowest BCUT2D eigenvalue weighted by Gasteiger charge is -2.09. The van der Waals surface area contributed by atoms with Gasteiger partial charge in [-0.2, -0.15) is 0 Å². The first-order chi connectivity index (χ1) is 10.2. The van der Waals surface area contributed by atoms with Crippen LogP contribution < -0.4 is 10.1 Å². The van der Waals surface area contributed by atoms with Crippen molar-refractivity contribution in [3.8, 4) is 5.75 Å². The minimum Gasteiger partial charge on any atom is -0.493 e. The third-order valence-corrected chi connectivity index (χ3v) is 3.54. The Balaban J connectivity index is 2.07. The van der Waals surface area contributed by atoms with Crippen molar-refractivity contribution < 1.29 is 4.74 Å². The molecule has 0 aliphatic rings. The Hall–Kier alpha value is -1.02. The zero-order valence-electron chi connectivity index (χ0n) is 14.2. The SMILES string of the molecule is CCCCCCCCNCc1ccc(OCC(C)C)cc1. The van der Waals surface area contributed by atoms with Gasteiger partial charge in [0.15, 0.2) is 0 Å². The fourth-order valence-electron chi connectivity index (χ4n) is 2.23. The van der Waals surface area contributed by atoms with E-state index in [9.17, 15) is 0 Å². The van der Waals surface area contributed by atoms with Gasteiger partial charge in [-0.05, 0) is 36.6 Å². The molecule has 1 aromatic rings. The number of nitrogens with one attached hydrogen (secondary N) is 1. The molecule has 0 aliphatic carbocycles. The average Bonchev–Trinajstić information content (AvgIpc) is 2.49. The molecule has 0 amide bonds. The Labute approximate surface area is 131 Å². The zero-order valence-corrected chi connectivity index (χ0v) is 14.2. The van der Waals surface area contributed by atoms with E-state index in [1.807, 2.05) is 0 Å². The van der Waals surface area contributed by atoms with Gasteiger partial charge in [0.25, 0.3) is 0 Å². The van der Waals surface area contributed by atoms with Crippen LogP contribution in [-0.2, 0) is 6.54 Å². The molecule has 0 saturated heterocycles. The van der Waals surface area contributed by atoms with E-state index < -0.39 is 0 Å². The summed E-state index contributed by atoms with van der Waals surface area (Å²) in [7, 11) is 0. The molecule has 2 nitrogen and oxygen atoms in total. The van der Waals surface area contributed by atoms with Crippen LogP contribution in [0.25, 0.3) is 0 Å². The van der Waals surface area contributed by atoms with Crippen LogP contribution in [0.1, 0.15) is 64.9 Å². The van der Waals surface area contributed by atoms with E-state index in [-0.39, 0.29) is 0 Å². The molecule has 0 saturated carbocycles. The van der Waals surface area contributed by atoms with E-state index in [0.717, 1.165) is 25.4 Å². The molecule has 1 rings (SSSR count). The Morgan fingerprint density at radius 3 is 2.29 bits per heavy atom. The van der Waals surface area contributed by atoms with Crippen LogP contribution >= 0.6 is 0 Å². The van der Waals surface area contributed by atoms with Crippen molar-refractivity contribution in [2.45, 2.75) is 65.8 Å². The van der Waals surface area contributed by atoms with Gasteiger partial charge >= 0.3 is 0 Å². The third-order valence-electron chi connectivity index (χ3n) is 3.54. The van der Waals surface area contributed by atoms with E-state index in [4.69, 9.17) is 4.74 Å². The monoisotopic (exact) mass is 291 g/mol. The Bertz CT molecular complexity index is 345. The molecule has 0 spiro atoms. The van der Waals surface area contributed by atoms with Crippen LogP contribution in [0.3, 0.4) is 0 Å². The summed E-state index contributed by atoms with van der Waals surface area (Å²) in [5.41, 5.74) is 1.33. The third kappa shape index (κ3) is 9.52. The fraction of sp³-hybridized carbons (Fsp3) is 0.684. The van der Waals surface area contributed by atoms with Crippen LogP contribution in [0.5, 0.6) is 5.75 Å². The fourth-order valence-corrected chi connectivity index (χ4v) is 2.23. The second kappa shape index (κ2) is 11.6. The lowest BCUT2D eigenvalue weighted by molar-refractivity contribution is 0.271. The zero-order chi connectivity index (χ0) is 15.3. The minimum atomic E-state index is 0.573. The quantitative estimate of drug-likeness (QED) is 0.536. The van der Waals surface area contributed by atoms with Gasteiger partial charge in [-0.15, -0.1) is 0 Å². The molecule has 0 aliphatic heterocycles. The Kier molecular flexibility index (Phi) is 9.98. The molecule has 0 unspecified atom stereocenters. The molecule has 0 radical (unpaired) electrons. The molecule has 2 heteroatoms. The normalized spacial score (nSPS) is 11.0. The molecule has 1 aromatic carbocycles. The van der Waals surface area contributed by atoms with Gasteiger partial charge in [-0.3, -0.25) is 0 Å². The van der Waals surface area contributed by atoms with Crippen molar-refractivity contribution in [2.75, 3.05) is 13.2 Å². The second-order valence-electron chi connectivity index (χ2n) is 6.29. The highest BCUT2D eigenvalue weighted by Gasteiger charge is 1.98. The Morgan fingerprint density at radius 1 is 0.952 bits per heavy atom. The molecule has 0 heterocycles.